The highest BCUT2D eigenvalue weighted by atomic mass is 32.2. The first-order valence-electron chi connectivity index (χ1n) is 6.31. The quantitative estimate of drug-likeness (QED) is 0.788. The molecule has 1 aliphatic rings. The Kier molecular flexibility index (Phi) is 4.28. The lowest BCUT2D eigenvalue weighted by atomic mass is 10.2. The smallest absolute Gasteiger partial charge is 0.244 e. The van der Waals surface area contributed by atoms with Crippen molar-refractivity contribution in [3.63, 3.8) is 0 Å². The van der Waals surface area contributed by atoms with E-state index >= 15 is 0 Å². The van der Waals surface area contributed by atoms with Crippen molar-refractivity contribution in [3.8, 4) is 6.07 Å². The molecular formula is C13H17N3O3S. The zero-order valence-corrected chi connectivity index (χ0v) is 12.1. The Labute approximate surface area is 118 Å². The largest absolute Gasteiger partial charge is 0.399 e. The molecule has 0 spiro atoms. The van der Waals surface area contributed by atoms with Crippen LogP contribution < -0.4 is 5.73 Å². The number of nitrogens with zero attached hydrogens (tertiary/aromatic N) is 2. The maximum absolute atomic E-state index is 12.7. The van der Waals surface area contributed by atoms with Crippen molar-refractivity contribution >= 4 is 15.7 Å². The molecule has 1 saturated carbocycles. The van der Waals surface area contributed by atoms with Crippen LogP contribution in [0.25, 0.3) is 0 Å². The van der Waals surface area contributed by atoms with Crippen molar-refractivity contribution in [2.75, 3.05) is 26.0 Å². The monoisotopic (exact) mass is 295 g/mol. The standard InChI is InChI=1S/C13H17N3O3S/c1-19-7-6-16(12-3-4-12)20(17,18)13-5-2-11(15)8-10(13)9-14/h2,5,8,12H,3-4,6-7,15H2,1H3. The summed E-state index contributed by atoms with van der Waals surface area (Å²) >= 11 is 0. The minimum absolute atomic E-state index is 0.0113. The van der Waals surface area contributed by atoms with Crippen molar-refractivity contribution in [3.05, 3.63) is 23.8 Å². The number of hydrogen-bond acceptors (Lipinski definition) is 5. The van der Waals surface area contributed by atoms with Crippen molar-refractivity contribution < 1.29 is 13.2 Å². The van der Waals surface area contributed by atoms with Gasteiger partial charge < -0.3 is 10.5 Å². The van der Waals surface area contributed by atoms with Gasteiger partial charge in [0.05, 0.1) is 12.2 Å². The maximum atomic E-state index is 12.7. The second-order valence-corrected chi connectivity index (χ2v) is 6.57. The van der Waals surface area contributed by atoms with E-state index in [0.29, 0.717) is 18.8 Å². The van der Waals surface area contributed by atoms with Crippen LogP contribution in [0, 0.1) is 11.3 Å². The topological polar surface area (TPSA) is 96.4 Å². The second-order valence-electron chi connectivity index (χ2n) is 4.71. The summed E-state index contributed by atoms with van der Waals surface area (Å²) in [6, 6.07) is 6.18. The molecule has 1 aromatic carbocycles. The Balaban J connectivity index is 2.40. The van der Waals surface area contributed by atoms with Crippen LogP contribution in [0.4, 0.5) is 5.69 Å². The van der Waals surface area contributed by atoms with Gasteiger partial charge in [0.2, 0.25) is 10.0 Å². The van der Waals surface area contributed by atoms with Gasteiger partial charge in [-0.05, 0) is 31.0 Å². The molecule has 0 saturated heterocycles. The van der Waals surface area contributed by atoms with Gasteiger partial charge in [-0.25, -0.2) is 8.42 Å². The predicted molar refractivity (Wildman–Crippen MR) is 74.4 cm³/mol. The van der Waals surface area contributed by atoms with E-state index in [1.165, 1.54) is 29.6 Å². The summed E-state index contributed by atoms with van der Waals surface area (Å²) in [7, 11) is -2.16. The number of nitriles is 1. The highest BCUT2D eigenvalue weighted by Gasteiger charge is 2.38. The fraction of sp³-hybridized carbons (Fsp3) is 0.462. The fourth-order valence-electron chi connectivity index (χ4n) is 2.03. The van der Waals surface area contributed by atoms with Gasteiger partial charge in [-0.15, -0.1) is 0 Å². The van der Waals surface area contributed by atoms with Crippen molar-refractivity contribution in [1.29, 1.82) is 5.26 Å². The van der Waals surface area contributed by atoms with Crippen LogP contribution in [0.2, 0.25) is 0 Å². The number of nitrogen functional groups attached to an aromatic ring is 1. The third kappa shape index (κ3) is 2.93. The molecule has 0 radical (unpaired) electrons. The Morgan fingerprint density at radius 2 is 2.20 bits per heavy atom. The molecule has 1 fully saturated rings. The number of hydrogen-bond donors (Lipinski definition) is 1. The summed E-state index contributed by atoms with van der Waals surface area (Å²) in [5.41, 5.74) is 6.04. The number of benzene rings is 1. The van der Waals surface area contributed by atoms with Crippen LogP contribution in [0.3, 0.4) is 0 Å². The molecule has 20 heavy (non-hydrogen) atoms. The Bertz CT molecular complexity index is 633. The number of ether oxygens (including phenoxy) is 1. The first kappa shape index (κ1) is 14.8. The summed E-state index contributed by atoms with van der Waals surface area (Å²) in [5, 5.41) is 9.11. The Morgan fingerprint density at radius 1 is 1.50 bits per heavy atom. The van der Waals surface area contributed by atoms with Gasteiger partial charge in [0.15, 0.2) is 0 Å². The van der Waals surface area contributed by atoms with Crippen LogP contribution in [0.1, 0.15) is 18.4 Å². The lowest BCUT2D eigenvalue weighted by Gasteiger charge is -2.22. The Morgan fingerprint density at radius 3 is 2.75 bits per heavy atom. The van der Waals surface area contributed by atoms with E-state index in [1.807, 2.05) is 6.07 Å². The predicted octanol–water partition coefficient (Wildman–Crippen LogP) is 0.940. The number of rotatable bonds is 6. The molecule has 0 amide bonds. The molecule has 6 nitrogen and oxygen atoms in total. The van der Waals surface area contributed by atoms with E-state index in [2.05, 4.69) is 0 Å². The number of anilines is 1. The van der Waals surface area contributed by atoms with Gasteiger partial charge in [-0.3, -0.25) is 0 Å². The van der Waals surface area contributed by atoms with Crippen LogP contribution in [-0.4, -0.2) is 39.0 Å². The highest BCUT2D eigenvalue weighted by Crippen LogP contribution is 2.33. The minimum atomic E-state index is -3.69. The molecule has 0 aromatic heterocycles. The van der Waals surface area contributed by atoms with E-state index in [9.17, 15) is 8.42 Å². The first-order chi connectivity index (χ1) is 9.50. The molecule has 1 aromatic rings. The van der Waals surface area contributed by atoms with Crippen molar-refractivity contribution in [1.82, 2.24) is 4.31 Å². The van der Waals surface area contributed by atoms with Gasteiger partial charge >= 0.3 is 0 Å². The summed E-state index contributed by atoms with van der Waals surface area (Å²) in [6.45, 7) is 0.616. The minimum Gasteiger partial charge on any atom is -0.399 e. The molecule has 108 valence electrons. The number of methoxy groups -OCH3 is 1. The molecule has 1 aliphatic carbocycles. The van der Waals surface area contributed by atoms with Gasteiger partial charge in [-0.2, -0.15) is 9.57 Å². The normalized spacial score (nSPS) is 15.2. The summed E-state index contributed by atoms with van der Waals surface area (Å²) < 4.78 is 31.8. The third-order valence-corrected chi connectivity index (χ3v) is 5.19. The van der Waals surface area contributed by atoms with Crippen LogP contribution in [0.5, 0.6) is 0 Å². The maximum Gasteiger partial charge on any atom is 0.244 e. The summed E-state index contributed by atoms with van der Waals surface area (Å²) in [6.07, 6.45) is 1.69. The molecule has 2 N–H and O–H groups in total. The SMILES string of the molecule is COCCN(C1CC1)S(=O)(=O)c1ccc(N)cc1C#N. The van der Waals surface area contributed by atoms with E-state index in [1.54, 1.807) is 0 Å². The van der Waals surface area contributed by atoms with E-state index in [4.69, 9.17) is 15.7 Å². The van der Waals surface area contributed by atoms with Crippen molar-refractivity contribution in [2.45, 2.75) is 23.8 Å². The van der Waals surface area contributed by atoms with Gasteiger partial charge in [-0.1, -0.05) is 0 Å². The summed E-state index contributed by atoms with van der Waals surface area (Å²) in [4.78, 5) is 0.0113. The lowest BCUT2D eigenvalue weighted by Crippen LogP contribution is -2.36. The average Bonchev–Trinajstić information content (AvgIpc) is 3.23. The molecule has 0 unspecified atom stereocenters. The third-order valence-electron chi connectivity index (χ3n) is 3.18. The zero-order chi connectivity index (χ0) is 14.8. The molecule has 2 rings (SSSR count). The molecule has 7 heteroatoms. The molecular weight excluding hydrogens is 278 g/mol. The first-order valence-corrected chi connectivity index (χ1v) is 7.75. The molecule has 0 heterocycles. The van der Waals surface area contributed by atoms with Gasteiger partial charge in [0.1, 0.15) is 11.0 Å². The molecule has 0 bridgehead atoms. The average molecular weight is 295 g/mol. The highest BCUT2D eigenvalue weighted by molar-refractivity contribution is 7.89. The van der Waals surface area contributed by atoms with Gasteiger partial charge in [0.25, 0.3) is 0 Å². The van der Waals surface area contributed by atoms with E-state index < -0.39 is 10.0 Å². The van der Waals surface area contributed by atoms with Crippen LogP contribution >= 0.6 is 0 Å². The lowest BCUT2D eigenvalue weighted by molar-refractivity contribution is 0.177. The summed E-state index contributed by atoms with van der Waals surface area (Å²) in [5.74, 6) is 0. The Hall–Kier alpha value is -1.62. The van der Waals surface area contributed by atoms with Gasteiger partial charge in [0, 0.05) is 25.4 Å². The zero-order valence-electron chi connectivity index (χ0n) is 11.2. The van der Waals surface area contributed by atoms with Crippen LogP contribution in [-0.2, 0) is 14.8 Å². The number of sulfonamides is 1. The molecule has 0 atom stereocenters. The van der Waals surface area contributed by atoms with Crippen LogP contribution in [0.15, 0.2) is 23.1 Å². The fourth-order valence-corrected chi connectivity index (χ4v) is 3.82. The van der Waals surface area contributed by atoms with Crippen molar-refractivity contribution in [2.24, 2.45) is 0 Å². The molecule has 0 aliphatic heterocycles. The number of nitrogens with two attached hydrogens (primary N) is 1. The van der Waals surface area contributed by atoms with E-state index in [0.717, 1.165) is 12.8 Å². The second kappa shape index (κ2) is 5.79. The van der Waals surface area contributed by atoms with E-state index in [-0.39, 0.29) is 16.5 Å².